The van der Waals surface area contributed by atoms with Gasteiger partial charge in [-0.3, -0.25) is 4.90 Å². The van der Waals surface area contributed by atoms with Crippen molar-refractivity contribution in [3.05, 3.63) is 23.0 Å². The van der Waals surface area contributed by atoms with Crippen molar-refractivity contribution in [1.82, 2.24) is 10.1 Å². The Morgan fingerprint density at radius 3 is 2.62 bits per heavy atom. The van der Waals surface area contributed by atoms with Crippen LogP contribution in [0, 0.1) is 11.7 Å². The van der Waals surface area contributed by atoms with Crippen molar-refractivity contribution in [2.24, 2.45) is 11.7 Å². The number of fused-ring (bicyclic) bond motifs is 1. The number of halogens is 2. The van der Waals surface area contributed by atoms with Gasteiger partial charge in [0, 0.05) is 38.3 Å². The molecule has 2 N–H and O–H groups in total. The molecule has 1 aliphatic carbocycles. The van der Waals surface area contributed by atoms with Crippen LogP contribution in [0.15, 0.2) is 16.7 Å². The first kappa shape index (κ1) is 18.0. The first-order valence-corrected chi connectivity index (χ1v) is 9.95. The maximum atomic E-state index is 13.8. The summed E-state index contributed by atoms with van der Waals surface area (Å²) >= 11 is 5.82. The molecule has 2 aromatic rings. The summed E-state index contributed by atoms with van der Waals surface area (Å²) in [7, 11) is 0. The number of rotatable bonds is 4. The summed E-state index contributed by atoms with van der Waals surface area (Å²) in [6.45, 7) is 4.90. The first-order chi connectivity index (χ1) is 12.6. The number of aromatic nitrogens is 1. The van der Waals surface area contributed by atoms with Gasteiger partial charge in [-0.1, -0.05) is 16.8 Å². The Morgan fingerprint density at radius 2 is 1.88 bits per heavy atom. The fraction of sp³-hybridized carbons (Fsp3) is 0.632. The van der Waals surface area contributed by atoms with E-state index < -0.39 is 5.82 Å². The molecule has 0 bridgehead atoms. The number of nitrogens with two attached hydrogens (primary N) is 1. The minimum Gasteiger partial charge on any atom is -0.354 e. The van der Waals surface area contributed by atoms with E-state index in [0.29, 0.717) is 17.0 Å². The number of hydrogen-bond donors (Lipinski definition) is 1. The third-order valence-electron chi connectivity index (χ3n) is 5.91. The van der Waals surface area contributed by atoms with Gasteiger partial charge >= 0.3 is 0 Å². The lowest BCUT2D eigenvalue weighted by molar-refractivity contribution is 0.216. The lowest BCUT2D eigenvalue weighted by atomic mass is 9.84. The fourth-order valence-electron chi connectivity index (χ4n) is 4.17. The SMILES string of the molecule is NC1CCC(CCN2CCN(c3noc4cc(Cl)c(F)cc34)CC2)CC1. The van der Waals surface area contributed by atoms with Crippen LogP contribution in [0.2, 0.25) is 5.02 Å². The summed E-state index contributed by atoms with van der Waals surface area (Å²) < 4.78 is 19.1. The minimum absolute atomic E-state index is 0.0636. The van der Waals surface area contributed by atoms with E-state index in [0.717, 1.165) is 44.5 Å². The Kier molecular flexibility index (Phi) is 5.34. The Bertz CT molecular complexity index is 751. The lowest BCUT2D eigenvalue weighted by Gasteiger charge is -2.36. The molecular weight excluding hydrogens is 355 g/mol. The van der Waals surface area contributed by atoms with Crippen molar-refractivity contribution < 1.29 is 8.91 Å². The van der Waals surface area contributed by atoms with Gasteiger partial charge in [-0.25, -0.2) is 4.39 Å². The zero-order chi connectivity index (χ0) is 18.1. The highest BCUT2D eigenvalue weighted by molar-refractivity contribution is 6.31. The van der Waals surface area contributed by atoms with Crippen LogP contribution in [-0.4, -0.2) is 48.8 Å². The van der Waals surface area contributed by atoms with Crippen LogP contribution in [0.3, 0.4) is 0 Å². The predicted molar refractivity (Wildman–Crippen MR) is 102 cm³/mol. The van der Waals surface area contributed by atoms with Crippen molar-refractivity contribution in [3.63, 3.8) is 0 Å². The van der Waals surface area contributed by atoms with Crippen molar-refractivity contribution in [3.8, 4) is 0 Å². The van der Waals surface area contributed by atoms with Gasteiger partial charge < -0.3 is 15.2 Å². The van der Waals surface area contributed by atoms with E-state index in [2.05, 4.69) is 15.0 Å². The third kappa shape index (κ3) is 3.82. The average Bonchev–Trinajstić information content (AvgIpc) is 3.05. The van der Waals surface area contributed by atoms with Crippen LogP contribution in [0.25, 0.3) is 11.0 Å². The van der Waals surface area contributed by atoms with Crippen molar-refractivity contribution in [2.75, 3.05) is 37.6 Å². The second-order valence-electron chi connectivity index (χ2n) is 7.67. The molecule has 1 aromatic carbocycles. The molecule has 0 radical (unpaired) electrons. The van der Waals surface area contributed by atoms with E-state index in [1.807, 2.05) is 0 Å². The Balaban J connectivity index is 1.32. The summed E-state index contributed by atoms with van der Waals surface area (Å²) in [5.74, 6) is 1.12. The van der Waals surface area contributed by atoms with Gasteiger partial charge in [0.05, 0.1) is 10.4 Å². The van der Waals surface area contributed by atoms with Crippen LogP contribution in [0.1, 0.15) is 32.1 Å². The molecule has 0 atom stereocenters. The van der Waals surface area contributed by atoms with Crippen LogP contribution in [-0.2, 0) is 0 Å². The number of hydrogen-bond acceptors (Lipinski definition) is 5. The molecule has 26 heavy (non-hydrogen) atoms. The van der Waals surface area contributed by atoms with Crippen LogP contribution >= 0.6 is 11.6 Å². The Morgan fingerprint density at radius 1 is 1.15 bits per heavy atom. The van der Waals surface area contributed by atoms with E-state index in [4.69, 9.17) is 21.9 Å². The molecule has 0 amide bonds. The molecule has 1 aromatic heterocycles. The molecule has 7 heteroatoms. The lowest BCUT2D eigenvalue weighted by Crippen LogP contribution is -2.47. The van der Waals surface area contributed by atoms with E-state index in [1.54, 1.807) is 0 Å². The van der Waals surface area contributed by atoms with E-state index in [9.17, 15) is 4.39 Å². The van der Waals surface area contributed by atoms with Crippen LogP contribution in [0.4, 0.5) is 10.2 Å². The molecule has 1 aliphatic heterocycles. The molecule has 0 unspecified atom stereocenters. The largest absolute Gasteiger partial charge is 0.354 e. The molecular formula is C19H26ClFN4O. The van der Waals surface area contributed by atoms with Gasteiger partial charge in [0.2, 0.25) is 0 Å². The third-order valence-corrected chi connectivity index (χ3v) is 6.20. The molecule has 2 heterocycles. The maximum absolute atomic E-state index is 13.8. The molecule has 1 saturated carbocycles. The van der Waals surface area contributed by atoms with E-state index in [1.165, 1.54) is 44.2 Å². The highest BCUT2D eigenvalue weighted by atomic mass is 35.5. The van der Waals surface area contributed by atoms with Gasteiger partial charge in [0.25, 0.3) is 0 Å². The second kappa shape index (κ2) is 7.71. The highest BCUT2D eigenvalue weighted by Gasteiger charge is 2.24. The van der Waals surface area contributed by atoms with Crippen molar-refractivity contribution in [2.45, 2.75) is 38.1 Å². The number of nitrogens with zero attached hydrogens (tertiary/aromatic N) is 3. The second-order valence-corrected chi connectivity index (χ2v) is 8.07. The quantitative estimate of drug-likeness (QED) is 0.877. The van der Waals surface area contributed by atoms with E-state index in [-0.39, 0.29) is 5.02 Å². The molecule has 1 saturated heterocycles. The summed E-state index contributed by atoms with van der Waals surface area (Å²) in [6.07, 6.45) is 6.18. The van der Waals surface area contributed by atoms with Gasteiger partial charge in [-0.05, 0) is 50.6 Å². The standard InChI is InChI=1S/C19H26ClFN4O/c20-16-12-18-15(11-17(16)21)19(23-26-18)25-9-7-24(8-10-25)6-5-13-1-3-14(22)4-2-13/h11-14H,1-10,22H2. The zero-order valence-electron chi connectivity index (χ0n) is 15.0. The van der Waals surface area contributed by atoms with Gasteiger partial charge in [0.1, 0.15) is 5.82 Å². The normalized spacial score (nSPS) is 25.1. The summed E-state index contributed by atoms with van der Waals surface area (Å²) in [4.78, 5) is 4.69. The Labute approximate surface area is 158 Å². The van der Waals surface area contributed by atoms with Gasteiger partial charge in [-0.15, -0.1) is 0 Å². The maximum Gasteiger partial charge on any atom is 0.180 e. The molecule has 0 spiro atoms. The molecule has 142 valence electrons. The first-order valence-electron chi connectivity index (χ1n) is 9.57. The summed E-state index contributed by atoms with van der Waals surface area (Å²) in [5.41, 5.74) is 6.53. The molecule has 2 aliphatic rings. The zero-order valence-corrected chi connectivity index (χ0v) is 15.7. The number of benzene rings is 1. The molecule has 5 nitrogen and oxygen atoms in total. The van der Waals surface area contributed by atoms with Crippen LogP contribution in [0.5, 0.6) is 0 Å². The number of piperazine rings is 1. The van der Waals surface area contributed by atoms with Gasteiger partial charge in [0.15, 0.2) is 11.4 Å². The minimum atomic E-state index is -0.436. The summed E-state index contributed by atoms with van der Waals surface area (Å²) in [5, 5.41) is 4.91. The molecule has 2 fully saturated rings. The highest BCUT2D eigenvalue weighted by Crippen LogP contribution is 2.31. The average molecular weight is 381 g/mol. The van der Waals surface area contributed by atoms with Gasteiger partial charge in [-0.2, -0.15) is 0 Å². The van der Waals surface area contributed by atoms with Crippen LogP contribution < -0.4 is 10.6 Å². The van der Waals surface area contributed by atoms with E-state index >= 15 is 0 Å². The smallest absolute Gasteiger partial charge is 0.180 e. The summed E-state index contributed by atoms with van der Waals surface area (Å²) in [6, 6.07) is 3.34. The number of anilines is 1. The topological polar surface area (TPSA) is 58.5 Å². The van der Waals surface area contributed by atoms with Crippen molar-refractivity contribution in [1.29, 1.82) is 0 Å². The van der Waals surface area contributed by atoms with Crippen molar-refractivity contribution >= 4 is 28.4 Å². The monoisotopic (exact) mass is 380 g/mol. The molecule has 4 rings (SSSR count). The fourth-order valence-corrected chi connectivity index (χ4v) is 4.33. The predicted octanol–water partition coefficient (Wildman–Crippen LogP) is 3.65. The Hall–Kier alpha value is -1.37.